The van der Waals surface area contributed by atoms with Gasteiger partial charge in [-0.1, -0.05) is 102 Å². The molecule has 0 aromatic heterocycles. The maximum absolute atomic E-state index is 13.4. The number of carbonyl (C=O) groups excluding carboxylic acids is 6. The van der Waals surface area contributed by atoms with Crippen LogP contribution in [0.3, 0.4) is 0 Å². The molecule has 4 aliphatic rings. The number of hydrogen-bond donors (Lipinski definition) is 0. The summed E-state index contributed by atoms with van der Waals surface area (Å²) < 4.78 is 0. The number of rotatable bonds is 14. The van der Waals surface area contributed by atoms with Gasteiger partial charge in [0.2, 0.25) is 0 Å². The number of unbranched alkanes of at least 4 members (excludes halogenated alkanes) is 2. The van der Waals surface area contributed by atoms with Gasteiger partial charge in [-0.3, -0.25) is 38.6 Å². The van der Waals surface area contributed by atoms with Crippen molar-refractivity contribution in [2.75, 3.05) is 13.1 Å². The van der Waals surface area contributed by atoms with Crippen LogP contribution in [0.15, 0.2) is 56.2 Å². The zero-order valence-corrected chi connectivity index (χ0v) is 30.4. The summed E-state index contributed by atoms with van der Waals surface area (Å²) in [6.45, 7) is 9.10. The fraction of sp³-hybridized carbons (Fsp3) is 0.421. The third kappa shape index (κ3) is 6.67. The molecule has 260 valence electrons. The van der Waals surface area contributed by atoms with E-state index in [2.05, 4.69) is 37.7 Å². The van der Waals surface area contributed by atoms with E-state index in [9.17, 15) is 28.8 Å². The molecule has 2 atom stereocenters. The molecule has 2 aromatic carbocycles. The summed E-state index contributed by atoms with van der Waals surface area (Å²) in [5, 5.41) is 0.641. The van der Waals surface area contributed by atoms with Crippen LogP contribution in [-0.4, -0.2) is 68.4 Å². The number of fused-ring (bicyclic) bond motifs is 2. The van der Waals surface area contributed by atoms with E-state index in [0.717, 1.165) is 74.9 Å². The van der Waals surface area contributed by atoms with Crippen molar-refractivity contribution in [3.05, 3.63) is 79.6 Å². The van der Waals surface area contributed by atoms with Crippen LogP contribution in [0.25, 0.3) is 0 Å². The molecule has 6 amide bonds. The minimum Gasteiger partial charge on any atom is -0.274 e. The van der Waals surface area contributed by atoms with Crippen molar-refractivity contribution in [3.63, 3.8) is 0 Å². The number of aliphatic imine (C=N–C) groups is 2. The van der Waals surface area contributed by atoms with E-state index in [1.165, 1.54) is 9.80 Å². The van der Waals surface area contributed by atoms with Gasteiger partial charge in [-0.25, -0.2) is 9.98 Å². The fourth-order valence-electron chi connectivity index (χ4n) is 6.68. The molecule has 0 fully saturated rings. The highest BCUT2D eigenvalue weighted by Crippen LogP contribution is 2.42. The molecular formula is C38H40N4O6S2. The Morgan fingerprint density at radius 1 is 0.560 bits per heavy atom. The smallest absolute Gasteiger partial charge is 0.274 e. The lowest BCUT2D eigenvalue weighted by molar-refractivity contribution is -0.115. The number of thioether (sulfide) groups is 2. The Morgan fingerprint density at radius 3 is 1.30 bits per heavy atom. The van der Waals surface area contributed by atoms with E-state index < -0.39 is 11.8 Å². The van der Waals surface area contributed by atoms with Crippen LogP contribution >= 0.6 is 23.5 Å². The van der Waals surface area contributed by atoms with Gasteiger partial charge in [0.1, 0.15) is 19.9 Å². The second-order valence-corrected chi connectivity index (χ2v) is 15.1. The molecule has 4 aliphatic heterocycles. The normalized spacial score (nSPS) is 19.8. The van der Waals surface area contributed by atoms with Crippen molar-refractivity contribution in [1.29, 1.82) is 0 Å². The van der Waals surface area contributed by atoms with E-state index in [1.807, 2.05) is 0 Å². The lowest BCUT2D eigenvalue weighted by atomic mass is 9.99. The molecule has 0 saturated heterocycles. The number of imide groups is 2. The molecule has 0 radical (unpaired) electrons. The average Bonchev–Trinajstić information content (AvgIpc) is 3.83. The fourth-order valence-corrected chi connectivity index (χ4v) is 8.69. The molecule has 2 unspecified atom stereocenters. The van der Waals surface area contributed by atoms with Crippen molar-refractivity contribution in [2.24, 2.45) is 21.8 Å². The molecule has 0 saturated carbocycles. The summed E-state index contributed by atoms with van der Waals surface area (Å²) in [7, 11) is 0. The SMILES string of the molecule is CCCCC(CC)CN1C(=O)c2ccc(C3=NC(=O)/C(=C4\SC(c5ccc6c(c5)C(=O)N(CC(CC)CCCC)C6=O)=NC4=O)S3)cc2C1=O. The number of carbonyl (C=O) groups is 6. The second kappa shape index (κ2) is 15.0. The third-order valence-corrected chi connectivity index (χ3v) is 12.1. The van der Waals surface area contributed by atoms with Gasteiger partial charge in [0.25, 0.3) is 35.4 Å². The Balaban J connectivity index is 1.16. The van der Waals surface area contributed by atoms with Crippen LogP contribution in [0.2, 0.25) is 0 Å². The van der Waals surface area contributed by atoms with E-state index in [-0.39, 0.29) is 56.4 Å². The molecule has 0 bridgehead atoms. The van der Waals surface area contributed by atoms with E-state index in [0.29, 0.717) is 45.4 Å². The van der Waals surface area contributed by atoms with Gasteiger partial charge in [0, 0.05) is 24.2 Å². The van der Waals surface area contributed by atoms with Gasteiger partial charge in [-0.05, 0) is 48.9 Å². The van der Waals surface area contributed by atoms with Gasteiger partial charge < -0.3 is 0 Å². The van der Waals surface area contributed by atoms with Crippen LogP contribution in [0, 0.1) is 11.8 Å². The summed E-state index contributed by atoms with van der Waals surface area (Å²) in [4.78, 5) is 90.5. The predicted molar refractivity (Wildman–Crippen MR) is 196 cm³/mol. The summed E-state index contributed by atoms with van der Waals surface area (Å²) >= 11 is 2.05. The monoisotopic (exact) mass is 712 g/mol. The molecular weight excluding hydrogens is 673 g/mol. The van der Waals surface area contributed by atoms with Crippen molar-refractivity contribution in [2.45, 2.75) is 79.1 Å². The standard InChI is InChI=1S/C38H40N4O6S2/c1-5-9-11-21(7-3)19-41-35(45)25-15-13-23(17-27(25)37(41)47)33-39-31(43)29(49-33)30-32(44)40-34(50-30)24-14-16-26-28(18-24)38(48)42(36(26)46)20-22(8-4)12-10-6-2/h13-18,21-22H,5-12,19-20H2,1-4H3/b30-29+. The van der Waals surface area contributed by atoms with Gasteiger partial charge in [-0.2, -0.15) is 0 Å². The number of benzene rings is 2. The summed E-state index contributed by atoms with van der Waals surface area (Å²) in [6, 6.07) is 9.72. The van der Waals surface area contributed by atoms with Crippen LogP contribution in [0.5, 0.6) is 0 Å². The first kappa shape index (κ1) is 35.7. The molecule has 2 aromatic rings. The molecule has 6 rings (SSSR count). The van der Waals surface area contributed by atoms with Crippen LogP contribution < -0.4 is 0 Å². The van der Waals surface area contributed by atoms with Crippen molar-refractivity contribution in [3.8, 4) is 0 Å². The van der Waals surface area contributed by atoms with Gasteiger partial charge in [0.05, 0.1) is 22.3 Å². The van der Waals surface area contributed by atoms with E-state index >= 15 is 0 Å². The minimum atomic E-state index is -0.595. The van der Waals surface area contributed by atoms with Gasteiger partial charge >= 0.3 is 0 Å². The highest BCUT2D eigenvalue weighted by Gasteiger charge is 2.40. The van der Waals surface area contributed by atoms with Crippen LogP contribution in [-0.2, 0) is 9.59 Å². The maximum atomic E-state index is 13.4. The first-order chi connectivity index (χ1) is 24.1. The lowest BCUT2D eigenvalue weighted by Crippen LogP contribution is -2.34. The summed E-state index contributed by atoms with van der Waals surface area (Å²) in [6.07, 6.45) is 7.80. The highest BCUT2D eigenvalue weighted by atomic mass is 32.2. The Bertz CT molecular complexity index is 1780. The maximum Gasteiger partial charge on any atom is 0.286 e. The Labute approximate surface area is 300 Å². The topological polar surface area (TPSA) is 134 Å². The Morgan fingerprint density at radius 2 is 0.940 bits per heavy atom. The van der Waals surface area contributed by atoms with Gasteiger partial charge in [-0.15, -0.1) is 0 Å². The highest BCUT2D eigenvalue weighted by molar-refractivity contribution is 8.22. The summed E-state index contributed by atoms with van der Waals surface area (Å²) in [5.74, 6) is -2.06. The largest absolute Gasteiger partial charge is 0.286 e. The quantitative estimate of drug-likeness (QED) is 0.148. The summed E-state index contributed by atoms with van der Waals surface area (Å²) in [5.41, 5.74) is 2.22. The van der Waals surface area contributed by atoms with E-state index in [4.69, 9.17) is 0 Å². The molecule has 10 nitrogen and oxygen atoms in total. The van der Waals surface area contributed by atoms with Crippen LogP contribution in [0.1, 0.15) is 132 Å². The van der Waals surface area contributed by atoms with E-state index in [1.54, 1.807) is 36.4 Å². The first-order valence-electron chi connectivity index (χ1n) is 17.5. The Hall–Kier alpha value is -4.16. The average molecular weight is 713 g/mol. The molecule has 0 N–H and O–H groups in total. The predicted octanol–water partition coefficient (Wildman–Crippen LogP) is 7.26. The zero-order valence-electron chi connectivity index (χ0n) is 28.7. The molecule has 0 aliphatic carbocycles. The van der Waals surface area contributed by atoms with Gasteiger partial charge in [0.15, 0.2) is 0 Å². The lowest BCUT2D eigenvalue weighted by Gasteiger charge is -2.21. The zero-order chi connectivity index (χ0) is 35.7. The second-order valence-electron chi connectivity index (χ2n) is 13.1. The minimum absolute atomic E-state index is 0.122. The number of nitrogens with zero attached hydrogens (tertiary/aromatic N) is 4. The van der Waals surface area contributed by atoms with Crippen LogP contribution in [0.4, 0.5) is 0 Å². The molecule has 50 heavy (non-hydrogen) atoms. The number of amides is 6. The van der Waals surface area contributed by atoms with Crippen molar-refractivity contribution < 1.29 is 28.8 Å². The Kier molecular flexibility index (Phi) is 10.7. The van der Waals surface area contributed by atoms with Crippen molar-refractivity contribution in [1.82, 2.24) is 9.80 Å². The first-order valence-corrected chi connectivity index (χ1v) is 19.1. The van der Waals surface area contributed by atoms with Crippen molar-refractivity contribution >= 4 is 69.1 Å². The molecule has 0 spiro atoms. The molecule has 4 heterocycles. The number of hydrogen-bond acceptors (Lipinski definition) is 8. The third-order valence-electron chi connectivity index (χ3n) is 9.80. The molecule has 12 heteroatoms.